The van der Waals surface area contributed by atoms with Gasteiger partial charge in [-0.15, -0.1) is 0 Å². The van der Waals surface area contributed by atoms with Crippen LogP contribution in [0.25, 0.3) is 11.0 Å². The van der Waals surface area contributed by atoms with Crippen molar-refractivity contribution in [3.63, 3.8) is 0 Å². The Hall–Kier alpha value is -1.20. The summed E-state index contributed by atoms with van der Waals surface area (Å²) in [7, 11) is 0.704. The molecule has 0 unspecified atom stereocenters. The number of ketones is 1. The minimum Gasteiger partial charge on any atom is -0.493 e. The quantitative estimate of drug-likeness (QED) is 0.271. The van der Waals surface area contributed by atoms with E-state index in [0.717, 1.165) is 0 Å². The summed E-state index contributed by atoms with van der Waals surface area (Å²) >= 11 is 0. The van der Waals surface area contributed by atoms with Gasteiger partial charge in [0, 0.05) is 70.1 Å². The number of phosphoric acid groups is 1. The van der Waals surface area contributed by atoms with Gasteiger partial charge in [-0.1, -0.05) is 0 Å². The number of phosphoric ester groups is 1. The molecule has 168 valence electrons. The van der Waals surface area contributed by atoms with E-state index in [9.17, 15) is 19.1 Å². The summed E-state index contributed by atoms with van der Waals surface area (Å²) in [6.07, 6.45) is 0. The van der Waals surface area contributed by atoms with E-state index < -0.39 is 13.6 Å². The van der Waals surface area contributed by atoms with Crippen molar-refractivity contribution in [3.8, 4) is 28.7 Å². The van der Waals surface area contributed by atoms with Crippen LogP contribution in [-0.2, 0) is 4.57 Å². The van der Waals surface area contributed by atoms with Crippen LogP contribution in [0.3, 0.4) is 0 Å². The van der Waals surface area contributed by atoms with Crippen molar-refractivity contribution < 1.29 is 47.0 Å². The van der Waals surface area contributed by atoms with Crippen LogP contribution >= 0.6 is 7.82 Å². The average Bonchev–Trinajstić information content (AvgIpc) is 3.07. The molecule has 3 aromatic rings. The molecular weight excluding hydrogens is 477 g/mol. The first-order valence-corrected chi connectivity index (χ1v) is 10.4. The Labute approximate surface area is 234 Å². The molecule has 2 aromatic carbocycles. The van der Waals surface area contributed by atoms with Crippen LogP contribution < -0.4 is 23.5 Å². The van der Waals surface area contributed by atoms with Gasteiger partial charge in [-0.2, -0.15) is 0 Å². The van der Waals surface area contributed by atoms with E-state index in [1.165, 1.54) is 46.6 Å². The van der Waals surface area contributed by atoms with Gasteiger partial charge in [0.05, 0.1) is 34.0 Å². The van der Waals surface area contributed by atoms with Gasteiger partial charge in [0.2, 0.25) is 11.5 Å². The molecule has 2 radical (unpaired) electrons. The number of methoxy groups -OCH3 is 4. The second kappa shape index (κ2) is 12.0. The van der Waals surface area contributed by atoms with Crippen molar-refractivity contribution >= 4 is 83.7 Å². The zero-order valence-electron chi connectivity index (χ0n) is 19.4. The fourth-order valence-corrected chi connectivity index (χ4v) is 3.65. The third-order valence-corrected chi connectivity index (χ3v) is 4.96. The van der Waals surface area contributed by atoms with Gasteiger partial charge in [-0.05, 0) is 31.2 Å². The van der Waals surface area contributed by atoms with Gasteiger partial charge < -0.3 is 27.9 Å². The molecule has 10 nitrogen and oxygen atoms in total. The van der Waals surface area contributed by atoms with Gasteiger partial charge in [0.25, 0.3) is 0 Å². The number of fused-ring (bicyclic) bond motifs is 1. The Bertz CT molecular complexity index is 1180. The average molecular weight is 498 g/mol. The molecule has 0 saturated heterocycles. The van der Waals surface area contributed by atoms with E-state index in [4.69, 9.17) is 27.9 Å². The van der Waals surface area contributed by atoms with Crippen LogP contribution in [0.5, 0.6) is 28.7 Å². The molecule has 0 spiro atoms. The SMILES string of the molecule is COc1cc(C(=O)c2c(C)oc3c(OP(=O)(O)O)c(OC)ccc23)cc(OC)c1OC.[Na].[Na]. The number of hydrogen-bond donors (Lipinski definition) is 2. The molecule has 1 aromatic heterocycles. The summed E-state index contributed by atoms with van der Waals surface area (Å²) in [4.78, 5) is 31.9. The summed E-state index contributed by atoms with van der Waals surface area (Å²) in [5.74, 6) is 0.445. The molecule has 0 aliphatic heterocycles. The Morgan fingerprint density at radius 3 is 1.88 bits per heavy atom. The maximum absolute atomic E-state index is 13.4. The molecule has 1 heterocycles. The van der Waals surface area contributed by atoms with Crippen molar-refractivity contribution in [3.05, 3.63) is 41.2 Å². The second-order valence-corrected chi connectivity index (χ2v) is 7.50. The number of ether oxygens (including phenoxy) is 4. The predicted octanol–water partition coefficient (Wildman–Crippen LogP) is 2.72. The molecule has 0 amide bonds. The van der Waals surface area contributed by atoms with Crippen LogP contribution in [0.4, 0.5) is 0 Å². The third-order valence-electron chi connectivity index (χ3n) is 4.54. The number of carbonyl (C=O) groups excluding carboxylic acids is 1. The number of rotatable bonds is 8. The molecule has 0 aliphatic rings. The summed E-state index contributed by atoms with van der Waals surface area (Å²) < 4.78 is 42.9. The maximum atomic E-state index is 13.4. The molecule has 0 atom stereocenters. The summed E-state index contributed by atoms with van der Waals surface area (Å²) in [6, 6.07) is 5.97. The van der Waals surface area contributed by atoms with Crippen LogP contribution in [0, 0.1) is 6.92 Å². The second-order valence-electron chi connectivity index (χ2n) is 6.33. The standard InChI is InChI=1S/C20H21O10P.2Na/c1-10-16(17(21)11-8-14(26-3)19(28-5)15(9-11)27-4)12-6-7-13(25-2)20(18(12)29-10)30-31(22,23)24;;/h6-9H,1-5H3,(H2,22,23,24);;. The fraction of sp³-hybridized carbons (Fsp3) is 0.250. The van der Waals surface area contributed by atoms with Gasteiger partial charge >= 0.3 is 7.82 Å². The van der Waals surface area contributed by atoms with E-state index in [1.54, 1.807) is 13.0 Å². The predicted molar refractivity (Wildman–Crippen MR) is 121 cm³/mol. The molecule has 13 heteroatoms. The smallest absolute Gasteiger partial charge is 0.493 e. The van der Waals surface area contributed by atoms with Gasteiger partial charge in [-0.25, -0.2) is 4.57 Å². The Morgan fingerprint density at radius 1 is 0.879 bits per heavy atom. The summed E-state index contributed by atoms with van der Waals surface area (Å²) in [6.45, 7) is 1.55. The molecule has 33 heavy (non-hydrogen) atoms. The number of aryl methyl sites for hydroxylation is 1. The summed E-state index contributed by atoms with van der Waals surface area (Å²) in [5, 5.41) is 0.292. The third kappa shape index (κ3) is 6.08. The molecule has 0 fully saturated rings. The van der Waals surface area contributed by atoms with Crippen LogP contribution in [0.2, 0.25) is 0 Å². The van der Waals surface area contributed by atoms with Crippen LogP contribution in [-0.4, -0.2) is 103 Å². The van der Waals surface area contributed by atoms with E-state index in [1.807, 2.05) is 0 Å². The first-order valence-electron chi connectivity index (χ1n) is 8.85. The molecule has 0 bridgehead atoms. The molecule has 3 rings (SSSR count). The molecule has 2 N–H and O–H groups in total. The minimum atomic E-state index is -4.92. The van der Waals surface area contributed by atoms with E-state index in [-0.39, 0.29) is 93.1 Å². The minimum absolute atomic E-state index is 0. The van der Waals surface area contributed by atoms with Crippen molar-refractivity contribution in [1.29, 1.82) is 0 Å². The summed E-state index contributed by atoms with van der Waals surface area (Å²) in [5.41, 5.74) is 0.382. The van der Waals surface area contributed by atoms with E-state index >= 15 is 0 Å². The van der Waals surface area contributed by atoms with Gasteiger partial charge in [0.1, 0.15) is 5.76 Å². The maximum Gasteiger partial charge on any atom is 0.525 e. The monoisotopic (exact) mass is 498 g/mol. The molecule has 0 saturated carbocycles. The normalized spacial score (nSPS) is 10.6. The number of hydrogen-bond acceptors (Lipinski definition) is 8. The van der Waals surface area contributed by atoms with Crippen molar-refractivity contribution in [2.24, 2.45) is 0 Å². The zero-order chi connectivity index (χ0) is 22.9. The first kappa shape index (κ1) is 29.8. The van der Waals surface area contributed by atoms with E-state index in [0.29, 0.717) is 22.6 Å². The zero-order valence-corrected chi connectivity index (χ0v) is 24.3. The van der Waals surface area contributed by atoms with E-state index in [2.05, 4.69) is 0 Å². The number of benzene rings is 2. The van der Waals surface area contributed by atoms with Crippen molar-refractivity contribution in [2.75, 3.05) is 28.4 Å². The number of furan rings is 1. The largest absolute Gasteiger partial charge is 0.525 e. The Kier molecular flexibility index (Phi) is 10.8. The fourth-order valence-electron chi connectivity index (χ4n) is 3.24. The number of carbonyl (C=O) groups is 1. The first-order chi connectivity index (χ1) is 14.6. The topological polar surface area (TPSA) is 134 Å². The van der Waals surface area contributed by atoms with Gasteiger partial charge in [0.15, 0.2) is 28.6 Å². The van der Waals surface area contributed by atoms with Crippen molar-refractivity contribution in [2.45, 2.75) is 6.92 Å². The van der Waals surface area contributed by atoms with Crippen LogP contribution in [0.15, 0.2) is 28.7 Å². The van der Waals surface area contributed by atoms with Crippen LogP contribution in [0.1, 0.15) is 21.7 Å². The Morgan fingerprint density at radius 2 is 1.42 bits per heavy atom. The van der Waals surface area contributed by atoms with Gasteiger partial charge in [-0.3, -0.25) is 14.6 Å². The molecule has 0 aliphatic carbocycles. The Balaban J connectivity index is 0.00000272. The molecular formula is C20H21Na2O10P. The van der Waals surface area contributed by atoms with Crippen molar-refractivity contribution in [1.82, 2.24) is 0 Å².